The molecule has 0 aromatic rings. The van der Waals surface area contributed by atoms with Gasteiger partial charge in [0.2, 0.25) is 0 Å². The summed E-state index contributed by atoms with van der Waals surface area (Å²) in [6.45, 7) is 4.58. The summed E-state index contributed by atoms with van der Waals surface area (Å²) in [5.74, 6) is 0.525. The highest BCUT2D eigenvalue weighted by Gasteiger charge is 2.39. The van der Waals surface area contributed by atoms with Gasteiger partial charge in [0, 0.05) is 11.6 Å². The lowest BCUT2D eigenvalue weighted by molar-refractivity contribution is 0.0721. The van der Waals surface area contributed by atoms with Gasteiger partial charge in [-0.05, 0) is 38.3 Å². The Morgan fingerprint density at radius 1 is 1.40 bits per heavy atom. The quantitative estimate of drug-likeness (QED) is 0.651. The lowest BCUT2D eigenvalue weighted by Crippen LogP contribution is -2.62. The maximum atomic E-state index is 9.68. The van der Waals surface area contributed by atoms with Gasteiger partial charge in [-0.25, -0.2) is 0 Å². The molecule has 3 N–H and O–H groups in total. The monoisotopic (exact) mass is 212 g/mol. The fraction of sp³-hybridized carbons (Fsp3) is 1.00. The first-order chi connectivity index (χ1) is 7.27. The summed E-state index contributed by atoms with van der Waals surface area (Å²) in [7, 11) is 0. The van der Waals surface area contributed by atoms with Crippen molar-refractivity contribution in [3.8, 4) is 0 Å². The van der Waals surface area contributed by atoms with Gasteiger partial charge < -0.3 is 15.7 Å². The number of piperidine rings is 1. The van der Waals surface area contributed by atoms with E-state index in [0.29, 0.717) is 12.0 Å². The summed E-state index contributed by atoms with van der Waals surface area (Å²) in [4.78, 5) is 0. The molecule has 1 aliphatic heterocycles. The molecule has 0 radical (unpaired) electrons. The Kier molecular flexibility index (Phi) is 3.65. The maximum Gasteiger partial charge on any atom is 0.0617 e. The van der Waals surface area contributed by atoms with E-state index in [2.05, 4.69) is 17.6 Å². The fourth-order valence-electron chi connectivity index (χ4n) is 3.04. The number of aliphatic hydroxyl groups excluding tert-OH is 1. The molecule has 1 saturated carbocycles. The SMILES string of the molecule is CC1CNCCC1(CO)NC1CCCC1. The van der Waals surface area contributed by atoms with Gasteiger partial charge in [0.1, 0.15) is 0 Å². The molecule has 0 aromatic heterocycles. The van der Waals surface area contributed by atoms with E-state index in [1.165, 1.54) is 25.7 Å². The summed E-state index contributed by atoms with van der Waals surface area (Å²) >= 11 is 0. The third-order valence-corrected chi connectivity index (χ3v) is 4.27. The molecule has 0 aromatic carbocycles. The van der Waals surface area contributed by atoms with Crippen molar-refractivity contribution in [2.45, 2.75) is 50.6 Å². The molecule has 2 fully saturated rings. The van der Waals surface area contributed by atoms with Crippen LogP contribution >= 0.6 is 0 Å². The van der Waals surface area contributed by atoms with E-state index in [1.54, 1.807) is 0 Å². The van der Waals surface area contributed by atoms with Crippen LogP contribution in [0.15, 0.2) is 0 Å². The number of aliphatic hydroxyl groups is 1. The second kappa shape index (κ2) is 4.81. The fourth-order valence-corrected chi connectivity index (χ4v) is 3.04. The van der Waals surface area contributed by atoms with Crippen LogP contribution in [0.4, 0.5) is 0 Å². The third-order valence-electron chi connectivity index (χ3n) is 4.27. The lowest BCUT2D eigenvalue weighted by Gasteiger charge is -2.44. The van der Waals surface area contributed by atoms with Crippen LogP contribution < -0.4 is 10.6 Å². The van der Waals surface area contributed by atoms with Gasteiger partial charge in [0.15, 0.2) is 0 Å². The zero-order chi connectivity index (χ0) is 10.7. The lowest BCUT2D eigenvalue weighted by atomic mass is 9.79. The van der Waals surface area contributed by atoms with E-state index in [9.17, 15) is 5.11 Å². The molecule has 1 aliphatic carbocycles. The Bertz CT molecular complexity index is 204. The van der Waals surface area contributed by atoms with Crippen LogP contribution in [0.1, 0.15) is 39.0 Å². The van der Waals surface area contributed by atoms with Crippen molar-refractivity contribution in [1.29, 1.82) is 0 Å². The topological polar surface area (TPSA) is 44.3 Å². The zero-order valence-electron chi connectivity index (χ0n) is 9.76. The Balaban J connectivity index is 1.98. The van der Waals surface area contributed by atoms with E-state index < -0.39 is 0 Å². The number of hydrogen-bond acceptors (Lipinski definition) is 3. The molecule has 0 amide bonds. The predicted molar refractivity (Wildman–Crippen MR) is 61.9 cm³/mol. The van der Waals surface area contributed by atoms with Gasteiger partial charge in [-0.1, -0.05) is 19.8 Å². The second-order valence-corrected chi connectivity index (χ2v) is 5.30. The normalized spacial score (nSPS) is 38.4. The van der Waals surface area contributed by atoms with Crippen molar-refractivity contribution in [2.75, 3.05) is 19.7 Å². The first kappa shape index (κ1) is 11.4. The van der Waals surface area contributed by atoms with Crippen LogP contribution in [0.5, 0.6) is 0 Å². The highest BCUT2D eigenvalue weighted by atomic mass is 16.3. The van der Waals surface area contributed by atoms with Crippen LogP contribution in [0, 0.1) is 5.92 Å². The molecule has 1 saturated heterocycles. The average molecular weight is 212 g/mol. The molecular formula is C12H24N2O. The standard InChI is InChI=1S/C12H24N2O/c1-10-8-13-7-6-12(10,9-15)14-11-4-2-3-5-11/h10-11,13-15H,2-9H2,1H3. The molecule has 0 bridgehead atoms. The summed E-state index contributed by atoms with van der Waals surface area (Å²) in [5, 5.41) is 16.8. The summed E-state index contributed by atoms with van der Waals surface area (Å²) in [5.41, 5.74) is -0.0136. The van der Waals surface area contributed by atoms with Gasteiger partial charge in [0.05, 0.1) is 6.61 Å². The summed E-state index contributed by atoms with van der Waals surface area (Å²) < 4.78 is 0. The molecule has 88 valence electrons. The Labute approximate surface area is 92.6 Å². The molecule has 1 heterocycles. The van der Waals surface area contributed by atoms with Crippen molar-refractivity contribution in [1.82, 2.24) is 10.6 Å². The number of nitrogens with one attached hydrogen (secondary N) is 2. The number of hydrogen-bond donors (Lipinski definition) is 3. The minimum atomic E-state index is -0.0136. The largest absolute Gasteiger partial charge is 0.394 e. The van der Waals surface area contributed by atoms with Crippen LogP contribution in [-0.2, 0) is 0 Å². The molecule has 2 atom stereocenters. The van der Waals surface area contributed by atoms with Crippen molar-refractivity contribution in [3.05, 3.63) is 0 Å². The molecule has 2 rings (SSSR count). The van der Waals surface area contributed by atoms with E-state index in [4.69, 9.17) is 0 Å². The highest BCUT2D eigenvalue weighted by molar-refractivity contribution is 4.99. The number of rotatable bonds is 3. The molecule has 15 heavy (non-hydrogen) atoms. The minimum absolute atomic E-state index is 0.0136. The predicted octanol–water partition coefficient (Wildman–Crippen LogP) is 0.879. The summed E-state index contributed by atoms with van der Waals surface area (Å²) in [6, 6.07) is 0.651. The van der Waals surface area contributed by atoms with E-state index >= 15 is 0 Å². The Hall–Kier alpha value is -0.120. The molecule has 3 heteroatoms. The van der Waals surface area contributed by atoms with Gasteiger partial charge >= 0.3 is 0 Å². The molecule has 3 nitrogen and oxygen atoms in total. The van der Waals surface area contributed by atoms with Crippen molar-refractivity contribution < 1.29 is 5.11 Å². The van der Waals surface area contributed by atoms with Gasteiger partial charge in [-0.15, -0.1) is 0 Å². The van der Waals surface area contributed by atoms with Crippen LogP contribution in [0.25, 0.3) is 0 Å². The van der Waals surface area contributed by atoms with Crippen LogP contribution in [-0.4, -0.2) is 36.4 Å². The van der Waals surface area contributed by atoms with E-state index in [1.807, 2.05) is 0 Å². The average Bonchev–Trinajstić information content (AvgIpc) is 2.74. The molecule has 2 unspecified atom stereocenters. The van der Waals surface area contributed by atoms with Crippen LogP contribution in [0.3, 0.4) is 0 Å². The van der Waals surface area contributed by atoms with Crippen molar-refractivity contribution in [2.24, 2.45) is 5.92 Å². The Morgan fingerprint density at radius 2 is 2.13 bits per heavy atom. The van der Waals surface area contributed by atoms with Gasteiger partial charge in [-0.2, -0.15) is 0 Å². The Morgan fingerprint density at radius 3 is 2.73 bits per heavy atom. The summed E-state index contributed by atoms with van der Waals surface area (Å²) in [6.07, 6.45) is 6.35. The van der Waals surface area contributed by atoms with Crippen molar-refractivity contribution in [3.63, 3.8) is 0 Å². The van der Waals surface area contributed by atoms with Crippen molar-refractivity contribution >= 4 is 0 Å². The van der Waals surface area contributed by atoms with Crippen LogP contribution in [0.2, 0.25) is 0 Å². The first-order valence-electron chi connectivity index (χ1n) is 6.36. The minimum Gasteiger partial charge on any atom is -0.394 e. The first-order valence-corrected chi connectivity index (χ1v) is 6.36. The van der Waals surface area contributed by atoms with Gasteiger partial charge in [-0.3, -0.25) is 0 Å². The van der Waals surface area contributed by atoms with Gasteiger partial charge in [0.25, 0.3) is 0 Å². The van der Waals surface area contributed by atoms with E-state index in [-0.39, 0.29) is 12.1 Å². The smallest absolute Gasteiger partial charge is 0.0617 e. The maximum absolute atomic E-state index is 9.68. The third kappa shape index (κ3) is 2.35. The zero-order valence-corrected chi connectivity index (χ0v) is 9.76. The highest BCUT2D eigenvalue weighted by Crippen LogP contribution is 2.28. The molecular weight excluding hydrogens is 188 g/mol. The second-order valence-electron chi connectivity index (χ2n) is 5.30. The molecule has 2 aliphatic rings. The molecule has 0 spiro atoms. The van der Waals surface area contributed by atoms with E-state index in [0.717, 1.165) is 19.5 Å².